The van der Waals surface area contributed by atoms with Gasteiger partial charge in [-0.05, 0) is 30.0 Å². The fourth-order valence-electron chi connectivity index (χ4n) is 1.44. The molecule has 0 unspecified atom stereocenters. The van der Waals surface area contributed by atoms with Crippen LogP contribution in [-0.2, 0) is 4.74 Å². The molecule has 0 aliphatic carbocycles. The van der Waals surface area contributed by atoms with Crippen LogP contribution < -0.4 is 5.32 Å². The first-order valence-electron chi connectivity index (χ1n) is 5.57. The van der Waals surface area contributed by atoms with Crippen LogP contribution in [0.4, 0.5) is 5.69 Å². The molecule has 0 saturated carbocycles. The second-order valence-electron chi connectivity index (χ2n) is 4.05. The highest BCUT2D eigenvalue weighted by Gasteiger charge is 1.98. The Hall–Kier alpha value is -1.02. The standard InChI is InChI=1S/C13H21NO/c1-11(2)12-5-7-13(8-6-12)14-9-4-10-15-3/h5-8,11,14H,4,9-10H2,1-3H3. The molecular weight excluding hydrogens is 186 g/mol. The number of methoxy groups -OCH3 is 1. The minimum atomic E-state index is 0.604. The summed E-state index contributed by atoms with van der Waals surface area (Å²) in [4.78, 5) is 0. The van der Waals surface area contributed by atoms with Gasteiger partial charge in [-0.15, -0.1) is 0 Å². The van der Waals surface area contributed by atoms with Gasteiger partial charge in [-0.2, -0.15) is 0 Å². The van der Waals surface area contributed by atoms with Gasteiger partial charge in [0.1, 0.15) is 0 Å². The Bertz CT molecular complexity index is 266. The summed E-state index contributed by atoms with van der Waals surface area (Å²) in [5, 5.41) is 3.37. The molecule has 1 rings (SSSR count). The fraction of sp³-hybridized carbons (Fsp3) is 0.538. The van der Waals surface area contributed by atoms with Gasteiger partial charge in [0.2, 0.25) is 0 Å². The highest BCUT2D eigenvalue weighted by atomic mass is 16.5. The van der Waals surface area contributed by atoms with Crippen molar-refractivity contribution in [1.29, 1.82) is 0 Å². The maximum Gasteiger partial charge on any atom is 0.0479 e. The van der Waals surface area contributed by atoms with E-state index in [2.05, 4.69) is 43.4 Å². The first-order valence-corrected chi connectivity index (χ1v) is 5.57. The molecule has 0 aliphatic rings. The quantitative estimate of drug-likeness (QED) is 0.723. The van der Waals surface area contributed by atoms with E-state index in [-0.39, 0.29) is 0 Å². The van der Waals surface area contributed by atoms with Gasteiger partial charge < -0.3 is 10.1 Å². The van der Waals surface area contributed by atoms with E-state index in [1.54, 1.807) is 7.11 Å². The van der Waals surface area contributed by atoms with Gasteiger partial charge in [0.05, 0.1) is 0 Å². The normalized spacial score (nSPS) is 10.7. The molecule has 1 aromatic carbocycles. The Kier molecular flexibility index (Phi) is 5.19. The molecule has 0 radical (unpaired) electrons. The number of rotatable bonds is 6. The van der Waals surface area contributed by atoms with Crippen LogP contribution in [0, 0.1) is 0 Å². The second-order valence-corrected chi connectivity index (χ2v) is 4.05. The molecule has 2 nitrogen and oxygen atoms in total. The molecule has 1 aromatic rings. The summed E-state index contributed by atoms with van der Waals surface area (Å²) in [5.41, 5.74) is 2.58. The van der Waals surface area contributed by atoms with E-state index in [1.165, 1.54) is 11.3 Å². The van der Waals surface area contributed by atoms with Crippen molar-refractivity contribution in [3.05, 3.63) is 29.8 Å². The molecule has 0 fully saturated rings. The SMILES string of the molecule is COCCCNc1ccc(C(C)C)cc1. The van der Waals surface area contributed by atoms with Crippen molar-refractivity contribution in [3.63, 3.8) is 0 Å². The second kappa shape index (κ2) is 6.46. The molecule has 15 heavy (non-hydrogen) atoms. The highest BCUT2D eigenvalue weighted by Crippen LogP contribution is 2.16. The average molecular weight is 207 g/mol. The Balaban J connectivity index is 2.36. The molecule has 84 valence electrons. The van der Waals surface area contributed by atoms with Crippen LogP contribution >= 0.6 is 0 Å². The topological polar surface area (TPSA) is 21.3 Å². The third kappa shape index (κ3) is 4.34. The number of anilines is 1. The predicted octanol–water partition coefficient (Wildman–Crippen LogP) is 3.26. The van der Waals surface area contributed by atoms with E-state index in [4.69, 9.17) is 4.74 Å². The van der Waals surface area contributed by atoms with Crippen LogP contribution in [0.2, 0.25) is 0 Å². The first-order chi connectivity index (χ1) is 7.24. The molecule has 0 spiro atoms. The summed E-state index contributed by atoms with van der Waals surface area (Å²) < 4.78 is 4.99. The molecule has 0 bridgehead atoms. The summed E-state index contributed by atoms with van der Waals surface area (Å²) in [7, 11) is 1.73. The molecule has 1 N–H and O–H groups in total. The maximum absolute atomic E-state index is 4.99. The lowest BCUT2D eigenvalue weighted by atomic mass is 10.0. The highest BCUT2D eigenvalue weighted by molar-refractivity contribution is 5.44. The van der Waals surface area contributed by atoms with Crippen molar-refractivity contribution in [2.75, 3.05) is 25.6 Å². The van der Waals surface area contributed by atoms with Gasteiger partial charge >= 0.3 is 0 Å². The number of hydrogen-bond donors (Lipinski definition) is 1. The van der Waals surface area contributed by atoms with Crippen molar-refractivity contribution in [2.24, 2.45) is 0 Å². The van der Waals surface area contributed by atoms with E-state index < -0.39 is 0 Å². The van der Waals surface area contributed by atoms with Crippen molar-refractivity contribution >= 4 is 5.69 Å². The zero-order valence-electron chi connectivity index (χ0n) is 9.92. The van der Waals surface area contributed by atoms with Crippen molar-refractivity contribution in [3.8, 4) is 0 Å². The Morgan fingerprint density at radius 1 is 1.20 bits per heavy atom. The van der Waals surface area contributed by atoms with Gasteiger partial charge in [-0.25, -0.2) is 0 Å². The summed E-state index contributed by atoms with van der Waals surface area (Å²) in [6.07, 6.45) is 1.04. The van der Waals surface area contributed by atoms with Crippen molar-refractivity contribution in [2.45, 2.75) is 26.2 Å². The molecular formula is C13H21NO. The van der Waals surface area contributed by atoms with E-state index in [9.17, 15) is 0 Å². The molecule has 0 heterocycles. The largest absolute Gasteiger partial charge is 0.385 e. The smallest absolute Gasteiger partial charge is 0.0479 e. The third-order valence-electron chi connectivity index (χ3n) is 2.43. The number of hydrogen-bond acceptors (Lipinski definition) is 2. The van der Waals surface area contributed by atoms with Crippen LogP contribution in [0.25, 0.3) is 0 Å². The van der Waals surface area contributed by atoms with Crippen LogP contribution in [0.5, 0.6) is 0 Å². The first kappa shape index (κ1) is 12.1. The van der Waals surface area contributed by atoms with E-state index in [0.29, 0.717) is 5.92 Å². The van der Waals surface area contributed by atoms with Crippen LogP contribution in [0.3, 0.4) is 0 Å². The summed E-state index contributed by atoms with van der Waals surface area (Å²) >= 11 is 0. The van der Waals surface area contributed by atoms with E-state index in [0.717, 1.165) is 19.6 Å². The zero-order chi connectivity index (χ0) is 11.1. The summed E-state index contributed by atoms with van der Waals surface area (Å²) in [5.74, 6) is 0.604. The van der Waals surface area contributed by atoms with Crippen molar-refractivity contribution < 1.29 is 4.74 Å². The van der Waals surface area contributed by atoms with Gasteiger partial charge in [0.15, 0.2) is 0 Å². The van der Waals surface area contributed by atoms with Crippen LogP contribution in [0.15, 0.2) is 24.3 Å². The fourth-order valence-corrected chi connectivity index (χ4v) is 1.44. The molecule has 2 heteroatoms. The van der Waals surface area contributed by atoms with Crippen LogP contribution in [0.1, 0.15) is 31.7 Å². The van der Waals surface area contributed by atoms with Crippen molar-refractivity contribution in [1.82, 2.24) is 0 Å². The molecule has 0 aromatic heterocycles. The number of ether oxygens (including phenoxy) is 1. The van der Waals surface area contributed by atoms with Gasteiger partial charge in [0.25, 0.3) is 0 Å². The number of nitrogens with one attached hydrogen (secondary N) is 1. The lowest BCUT2D eigenvalue weighted by molar-refractivity contribution is 0.198. The van der Waals surface area contributed by atoms with Gasteiger partial charge in [-0.1, -0.05) is 26.0 Å². The minimum absolute atomic E-state index is 0.604. The van der Waals surface area contributed by atoms with E-state index in [1.807, 2.05) is 0 Å². The molecule has 0 amide bonds. The van der Waals surface area contributed by atoms with Crippen LogP contribution in [-0.4, -0.2) is 20.3 Å². The Morgan fingerprint density at radius 3 is 2.40 bits per heavy atom. The lowest BCUT2D eigenvalue weighted by Gasteiger charge is -2.08. The summed E-state index contributed by atoms with van der Waals surface area (Å²) in [6, 6.07) is 8.65. The predicted molar refractivity (Wildman–Crippen MR) is 65.5 cm³/mol. The van der Waals surface area contributed by atoms with E-state index >= 15 is 0 Å². The summed E-state index contributed by atoms with van der Waals surface area (Å²) in [6.45, 7) is 6.20. The zero-order valence-corrected chi connectivity index (χ0v) is 9.92. The average Bonchev–Trinajstić information content (AvgIpc) is 2.25. The van der Waals surface area contributed by atoms with Gasteiger partial charge in [-0.3, -0.25) is 0 Å². The lowest BCUT2D eigenvalue weighted by Crippen LogP contribution is -2.04. The maximum atomic E-state index is 4.99. The molecule has 0 saturated heterocycles. The Morgan fingerprint density at radius 2 is 1.87 bits per heavy atom. The Labute approximate surface area is 92.6 Å². The minimum Gasteiger partial charge on any atom is -0.385 e. The third-order valence-corrected chi connectivity index (χ3v) is 2.43. The van der Waals surface area contributed by atoms with Gasteiger partial charge in [0, 0.05) is 25.9 Å². The monoisotopic (exact) mass is 207 g/mol. The molecule has 0 atom stereocenters. The number of benzene rings is 1. The molecule has 0 aliphatic heterocycles.